The normalized spacial score (nSPS) is 13.6. The minimum Gasteiger partial charge on any atom is -0.480 e. The topological polar surface area (TPSA) is 69.0 Å². The molecule has 1 aromatic heterocycles. The van der Waals surface area contributed by atoms with Crippen molar-refractivity contribution in [2.24, 2.45) is 10.2 Å². The van der Waals surface area contributed by atoms with E-state index in [1.807, 2.05) is 19.9 Å². The Bertz CT molecular complexity index is 486. The van der Waals surface area contributed by atoms with Crippen LogP contribution in [-0.4, -0.2) is 30.2 Å². The lowest BCUT2D eigenvalue weighted by molar-refractivity contribution is 0.351. The molecule has 0 saturated heterocycles. The van der Waals surface area contributed by atoms with Crippen molar-refractivity contribution < 1.29 is 9.47 Å². The molecule has 6 heteroatoms. The smallest absolute Gasteiger partial charge is 0.319 e. The van der Waals surface area contributed by atoms with E-state index >= 15 is 0 Å². The zero-order valence-electron chi connectivity index (χ0n) is 12.8. The Morgan fingerprint density at radius 1 is 1.35 bits per heavy atom. The molecule has 0 spiro atoms. The van der Waals surface area contributed by atoms with Gasteiger partial charge in [-0.3, -0.25) is 0 Å². The minimum absolute atomic E-state index is 0.181. The Hall–Kier alpha value is -1.98. The van der Waals surface area contributed by atoms with Crippen LogP contribution in [0.2, 0.25) is 0 Å². The monoisotopic (exact) mass is 278 g/mol. The van der Waals surface area contributed by atoms with E-state index in [1.165, 1.54) is 7.11 Å². The molecule has 1 aromatic rings. The Morgan fingerprint density at radius 2 is 2.10 bits per heavy atom. The van der Waals surface area contributed by atoms with Crippen LogP contribution in [0.1, 0.15) is 39.2 Å². The van der Waals surface area contributed by atoms with Gasteiger partial charge in [0, 0.05) is 6.20 Å². The van der Waals surface area contributed by atoms with Gasteiger partial charge in [0.2, 0.25) is 5.88 Å². The van der Waals surface area contributed by atoms with Crippen molar-refractivity contribution in [2.75, 3.05) is 14.2 Å². The first-order chi connectivity index (χ1) is 9.65. The Kier molecular flexibility index (Phi) is 6.63. The number of azo groups is 1. The summed E-state index contributed by atoms with van der Waals surface area (Å²) in [5.74, 6) is 0.430. The van der Waals surface area contributed by atoms with Gasteiger partial charge < -0.3 is 9.47 Å². The third-order valence-corrected chi connectivity index (χ3v) is 2.73. The van der Waals surface area contributed by atoms with Crippen LogP contribution in [0, 0.1) is 0 Å². The molecular formula is C14H22N4O2. The summed E-state index contributed by atoms with van der Waals surface area (Å²) >= 11 is 0. The van der Waals surface area contributed by atoms with Crippen LogP contribution in [0.5, 0.6) is 11.9 Å². The van der Waals surface area contributed by atoms with Gasteiger partial charge in [-0.25, -0.2) is 4.98 Å². The van der Waals surface area contributed by atoms with Crippen molar-refractivity contribution in [1.29, 1.82) is 0 Å². The zero-order valence-corrected chi connectivity index (χ0v) is 12.8. The molecule has 0 amide bonds. The molecule has 0 bridgehead atoms. The van der Waals surface area contributed by atoms with Crippen LogP contribution in [0.25, 0.3) is 5.70 Å². The number of aromatic nitrogens is 2. The molecule has 0 aliphatic rings. The highest BCUT2D eigenvalue weighted by molar-refractivity contribution is 5.67. The number of nitrogens with zero attached hydrogens (tertiary/aromatic N) is 4. The van der Waals surface area contributed by atoms with Crippen molar-refractivity contribution in [3.8, 4) is 11.9 Å². The van der Waals surface area contributed by atoms with Crippen LogP contribution >= 0.6 is 0 Å². The van der Waals surface area contributed by atoms with E-state index in [1.54, 1.807) is 13.3 Å². The summed E-state index contributed by atoms with van der Waals surface area (Å²) in [7, 11) is 3.07. The van der Waals surface area contributed by atoms with E-state index in [0.717, 1.165) is 12.8 Å². The standard InChI is InChI=1S/C14H22N4O2/c1-6-8-12(18-17-10(3)7-2)11-9-15-14(20-5)16-13(11)19-4/h8-10H,6-7H2,1-5H3/b12-8-,18-17?. The summed E-state index contributed by atoms with van der Waals surface area (Å²) in [6.07, 6.45) is 5.39. The maximum absolute atomic E-state index is 5.27. The predicted molar refractivity (Wildman–Crippen MR) is 78.0 cm³/mol. The van der Waals surface area contributed by atoms with Crippen LogP contribution < -0.4 is 9.47 Å². The molecular weight excluding hydrogens is 256 g/mol. The van der Waals surface area contributed by atoms with E-state index in [9.17, 15) is 0 Å². The van der Waals surface area contributed by atoms with Gasteiger partial charge in [0.1, 0.15) is 0 Å². The minimum atomic E-state index is 0.181. The van der Waals surface area contributed by atoms with E-state index in [4.69, 9.17) is 9.47 Å². The Morgan fingerprint density at radius 3 is 2.65 bits per heavy atom. The molecule has 0 aromatic carbocycles. The summed E-state index contributed by atoms with van der Waals surface area (Å²) in [4.78, 5) is 8.26. The van der Waals surface area contributed by atoms with Crippen molar-refractivity contribution in [3.05, 3.63) is 17.8 Å². The lowest BCUT2D eigenvalue weighted by Gasteiger charge is -2.08. The van der Waals surface area contributed by atoms with Crippen molar-refractivity contribution >= 4 is 5.70 Å². The third-order valence-electron chi connectivity index (χ3n) is 2.73. The van der Waals surface area contributed by atoms with Gasteiger partial charge in [-0.15, -0.1) is 0 Å². The van der Waals surface area contributed by atoms with Crippen LogP contribution in [0.15, 0.2) is 22.5 Å². The summed E-state index contributed by atoms with van der Waals surface area (Å²) < 4.78 is 10.3. The Balaban J connectivity index is 3.15. The van der Waals surface area contributed by atoms with Gasteiger partial charge in [-0.05, 0) is 19.8 Å². The molecule has 1 rings (SSSR count). The van der Waals surface area contributed by atoms with Gasteiger partial charge >= 0.3 is 6.01 Å². The molecule has 0 fully saturated rings. The van der Waals surface area contributed by atoms with Crippen LogP contribution in [0.4, 0.5) is 0 Å². The average Bonchev–Trinajstić information content (AvgIpc) is 2.50. The molecule has 20 heavy (non-hydrogen) atoms. The quantitative estimate of drug-likeness (QED) is 0.716. The van der Waals surface area contributed by atoms with E-state index in [2.05, 4.69) is 27.1 Å². The van der Waals surface area contributed by atoms with Gasteiger partial charge in [-0.2, -0.15) is 15.2 Å². The predicted octanol–water partition coefficient (Wildman–Crippen LogP) is 3.50. The molecule has 0 saturated carbocycles. The van der Waals surface area contributed by atoms with Gasteiger partial charge in [-0.1, -0.05) is 19.9 Å². The number of ether oxygens (including phenoxy) is 2. The average molecular weight is 278 g/mol. The second-order valence-electron chi connectivity index (χ2n) is 4.25. The van der Waals surface area contributed by atoms with E-state index in [0.29, 0.717) is 17.1 Å². The fraction of sp³-hybridized carbons (Fsp3) is 0.571. The Labute approximate surface area is 120 Å². The van der Waals surface area contributed by atoms with Crippen molar-refractivity contribution in [1.82, 2.24) is 9.97 Å². The number of allylic oxidation sites excluding steroid dienone is 1. The summed E-state index contributed by atoms with van der Waals surface area (Å²) in [5, 5.41) is 8.57. The van der Waals surface area contributed by atoms with Crippen LogP contribution in [0.3, 0.4) is 0 Å². The fourth-order valence-electron chi connectivity index (χ4n) is 1.42. The first-order valence-corrected chi connectivity index (χ1v) is 6.72. The first-order valence-electron chi connectivity index (χ1n) is 6.72. The summed E-state index contributed by atoms with van der Waals surface area (Å²) in [6.45, 7) is 6.13. The van der Waals surface area contributed by atoms with Gasteiger partial charge in [0.15, 0.2) is 0 Å². The maximum Gasteiger partial charge on any atom is 0.319 e. The molecule has 0 N–H and O–H groups in total. The van der Waals surface area contributed by atoms with E-state index < -0.39 is 0 Å². The van der Waals surface area contributed by atoms with Gasteiger partial charge in [0.25, 0.3) is 0 Å². The zero-order chi connectivity index (χ0) is 15.0. The highest BCUT2D eigenvalue weighted by Gasteiger charge is 2.12. The number of hydrogen-bond donors (Lipinski definition) is 0. The SMILES string of the molecule is CC/C=C(\N=NC(C)CC)c1cnc(OC)nc1OC. The molecule has 1 atom stereocenters. The first kappa shape index (κ1) is 16.1. The lowest BCUT2D eigenvalue weighted by Crippen LogP contribution is -2.00. The van der Waals surface area contributed by atoms with Crippen molar-refractivity contribution in [3.63, 3.8) is 0 Å². The molecule has 110 valence electrons. The third kappa shape index (κ3) is 4.29. The summed E-state index contributed by atoms with van der Waals surface area (Å²) in [6, 6.07) is 0.445. The molecule has 1 heterocycles. The molecule has 1 unspecified atom stereocenters. The number of hydrogen-bond acceptors (Lipinski definition) is 6. The fourth-order valence-corrected chi connectivity index (χ4v) is 1.42. The molecule has 0 aliphatic carbocycles. The van der Waals surface area contributed by atoms with Gasteiger partial charge in [0.05, 0.1) is 31.5 Å². The molecule has 0 aliphatic heterocycles. The number of methoxy groups -OCH3 is 2. The lowest BCUT2D eigenvalue weighted by atomic mass is 10.2. The second kappa shape index (κ2) is 8.24. The summed E-state index contributed by atoms with van der Waals surface area (Å²) in [5.41, 5.74) is 1.43. The number of rotatable bonds is 7. The highest BCUT2D eigenvalue weighted by Crippen LogP contribution is 2.27. The largest absolute Gasteiger partial charge is 0.480 e. The maximum atomic E-state index is 5.27. The molecule has 6 nitrogen and oxygen atoms in total. The van der Waals surface area contributed by atoms with Crippen LogP contribution in [-0.2, 0) is 0 Å². The highest BCUT2D eigenvalue weighted by atomic mass is 16.5. The van der Waals surface area contributed by atoms with E-state index in [-0.39, 0.29) is 12.1 Å². The second-order valence-corrected chi connectivity index (χ2v) is 4.25. The molecule has 0 radical (unpaired) electrons. The van der Waals surface area contributed by atoms with Crippen molar-refractivity contribution in [2.45, 2.75) is 39.7 Å².